The molecule has 2 aliphatic carbocycles. The van der Waals surface area contributed by atoms with Gasteiger partial charge in [-0.2, -0.15) is 0 Å². The van der Waals surface area contributed by atoms with Crippen LogP contribution in [0, 0.1) is 0 Å². The minimum atomic E-state index is -2.56. The minimum absolute atomic E-state index is 0.131. The fourth-order valence-corrected chi connectivity index (χ4v) is 3.74. The van der Waals surface area contributed by atoms with E-state index in [1.807, 2.05) is 11.4 Å². The SMILES string of the molecule is NC1CC1c1cc(C(=O)NC2CCC(F)(F)CC2)cs1. The van der Waals surface area contributed by atoms with Crippen LogP contribution in [0.25, 0.3) is 0 Å². The van der Waals surface area contributed by atoms with Crippen LogP contribution >= 0.6 is 11.3 Å². The Hall–Kier alpha value is -1.01. The summed E-state index contributed by atoms with van der Waals surface area (Å²) in [5, 5.41) is 4.69. The van der Waals surface area contributed by atoms with Crippen molar-refractivity contribution in [3.63, 3.8) is 0 Å². The Labute approximate surface area is 120 Å². The first kappa shape index (κ1) is 13.9. The van der Waals surface area contributed by atoms with Crippen molar-refractivity contribution < 1.29 is 13.6 Å². The molecule has 0 spiro atoms. The summed E-state index contributed by atoms with van der Waals surface area (Å²) >= 11 is 1.55. The van der Waals surface area contributed by atoms with E-state index in [2.05, 4.69) is 5.32 Å². The van der Waals surface area contributed by atoms with Gasteiger partial charge in [-0.05, 0) is 25.3 Å². The summed E-state index contributed by atoms with van der Waals surface area (Å²) in [6.45, 7) is 0. The summed E-state index contributed by atoms with van der Waals surface area (Å²) in [4.78, 5) is 13.2. The van der Waals surface area contributed by atoms with E-state index < -0.39 is 5.92 Å². The molecule has 1 aromatic rings. The predicted octanol–water partition coefficient (Wildman–Crippen LogP) is 2.87. The number of carbonyl (C=O) groups excluding carboxylic acids is 1. The minimum Gasteiger partial charge on any atom is -0.349 e. The van der Waals surface area contributed by atoms with Gasteiger partial charge < -0.3 is 11.1 Å². The molecule has 0 aliphatic heterocycles. The predicted molar refractivity (Wildman–Crippen MR) is 74.3 cm³/mol. The normalized spacial score (nSPS) is 29.1. The molecule has 20 heavy (non-hydrogen) atoms. The number of thiophene rings is 1. The third-order valence-corrected chi connectivity index (χ3v) is 5.20. The smallest absolute Gasteiger partial charge is 0.252 e. The van der Waals surface area contributed by atoms with E-state index in [-0.39, 0.29) is 30.8 Å². The van der Waals surface area contributed by atoms with Gasteiger partial charge in [0.15, 0.2) is 0 Å². The Balaban J connectivity index is 1.55. The van der Waals surface area contributed by atoms with Crippen molar-refractivity contribution in [3.05, 3.63) is 21.9 Å². The third-order valence-electron chi connectivity index (χ3n) is 4.14. The summed E-state index contributed by atoms with van der Waals surface area (Å²) in [5.74, 6) is -2.31. The number of nitrogens with two attached hydrogens (primary N) is 1. The lowest BCUT2D eigenvalue weighted by molar-refractivity contribution is -0.0399. The van der Waals surface area contributed by atoms with Crippen LogP contribution in [0.4, 0.5) is 8.78 Å². The van der Waals surface area contributed by atoms with Gasteiger partial charge in [-0.15, -0.1) is 11.3 Å². The lowest BCUT2D eigenvalue weighted by Gasteiger charge is -2.28. The van der Waals surface area contributed by atoms with Crippen molar-refractivity contribution in [2.45, 2.75) is 56.0 Å². The Morgan fingerprint density at radius 2 is 2.05 bits per heavy atom. The van der Waals surface area contributed by atoms with E-state index >= 15 is 0 Å². The molecule has 0 saturated heterocycles. The lowest BCUT2D eigenvalue weighted by atomic mass is 9.92. The average Bonchev–Trinajstić information content (AvgIpc) is 2.92. The number of alkyl halides is 2. The van der Waals surface area contributed by atoms with Crippen LogP contribution in [0.2, 0.25) is 0 Å². The molecular formula is C14H18F2N2OS. The van der Waals surface area contributed by atoms with Gasteiger partial charge in [0, 0.05) is 41.1 Å². The second kappa shape index (κ2) is 5.07. The Bertz CT molecular complexity index is 507. The number of halogens is 2. The Kier molecular flexibility index (Phi) is 3.54. The largest absolute Gasteiger partial charge is 0.349 e. The molecule has 110 valence electrons. The van der Waals surface area contributed by atoms with Gasteiger partial charge in [0.2, 0.25) is 5.92 Å². The van der Waals surface area contributed by atoms with Crippen LogP contribution < -0.4 is 11.1 Å². The number of rotatable bonds is 3. The summed E-state index contributed by atoms with van der Waals surface area (Å²) in [6.07, 6.45) is 1.42. The molecule has 3 nitrogen and oxygen atoms in total. The topological polar surface area (TPSA) is 55.1 Å². The molecule has 0 radical (unpaired) electrons. The molecule has 2 aliphatic rings. The third kappa shape index (κ3) is 3.01. The molecule has 0 aromatic carbocycles. The van der Waals surface area contributed by atoms with Gasteiger partial charge in [-0.25, -0.2) is 8.78 Å². The van der Waals surface area contributed by atoms with E-state index in [0.717, 1.165) is 11.3 Å². The first-order chi connectivity index (χ1) is 9.44. The molecule has 2 atom stereocenters. The second-order valence-electron chi connectivity index (χ2n) is 5.85. The van der Waals surface area contributed by atoms with E-state index in [1.54, 1.807) is 11.3 Å². The van der Waals surface area contributed by atoms with Crippen molar-refractivity contribution in [1.82, 2.24) is 5.32 Å². The zero-order valence-corrected chi connectivity index (χ0v) is 11.9. The monoisotopic (exact) mass is 300 g/mol. The van der Waals surface area contributed by atoms with Crippen LogP contribution in [0.15, 0.2) is 11.4 Å². The molecule has 6 heteroatoms. The Morgan fingerprint density at radius 1 is 1.40 bits per heavy atom. The maximum absolute atomic E-state index is 13.1. The van der Waals surface area contributed by atoms with E-state index in [0.29, 0.717) is 24.3 Å². The fourth-order valence-electron chi connectivity index (χ4n) is 2.66. The quantitative estimate of drug-likeness (QED) is 0.902. The first-order valence-electron chi connectivity index (χ1n) is 6.97. The molecule has 3 rings (SSSR count). The molecular weight excluding hydrogens is 282 g/mol. The molecule has 1 heterocycles. The van der Waals surface area contributed by atoms with Gasteiger partial charge in [-0.3, -0.25) is 4.79 Å². The summed E-state index contributed by atoms with van der Waals surface area (Å²) in [7, 11) is 0. The van der Waals surface area contributed by atoms with Gasteiger partial charge >= 0.3 is 0 Å². The summed E-state index contributed by atoms with van der Waals surface area (Å²) < 4.78 is 26.1. The van der Waals surface area contributed by atoms with Gasteiger partial charge in [0.25, 0.3) is 5.91 Å². The molecule has 2 saturated carbocycles. The zero-order chi connectivity index (χ0) is 14.3. The first-order valence-corrected chi connectivity index (χ1v) is 7.85. The number of hydrogen-bond acceptors (Lipinski definition) is 3. The van der Waals surface area contributed by atoms with E-state index in [1.165, 1.54) is 0 Å². The maximum Gasteiger partial charge on any atom is 0.252 e. The second-order valence-corrected chi connectivity index (χ2v) is 6.79. The van der Waals surface area contributed by atoms with Crippen molar-refractivity contribution in [3.8, 4) is 0 Å². The maximum atomic E-state index is 13.1. The average molecular weight is 300 g/mol. The molecule has 0 bridgehead atoms. The number of carbonyl (C=O) groups is 1. The number of amides is 1. The standard InChI is InChI=1S/C14H18F2N2OS/c15-14(16)3-1-9(2-4-14)18-13(19)8-5-12(20-7-8)10-6-11(10)17/h5,7,9-11H,1-4,6,17H2,(H,18,19). The highest BCUT2D eigenvalue weighted by molar-refractivity contribution is 7.10. The molecule has 3 N–H and O–H groups in total. The Morgan fingerprint density at radius 3 is 2.65 bits per heavy atom. The van der Waals surface area contributed by atoms with Crippen molar-refractivity contribution in [2.75, 3.05) is 0 Å². The van der Waals surface area contributed by atoms with Crippen molar-refractivity contribution in [2.24, 2.45) is 5.73 Å². The highest BCUT2D eigenvalue weighted by Gasteiger charge is 2.37. The number of hydrogen-bond donors (Lipinski definition) is 2. The van der Waals surface area contributed by atoms with Crippen LogP contribution in [0.5, 0.6) is 0 Å². The highest BCUT2D eigenvalue weighted by atomic mass is 32.1. The van der Waals surface area contributed by atoms with Gasteiger partial charge in [0.05, 0.1) is 5.56 Å². The summed E-state index contributed by atoms with van der Waals surface area (Å²) in [6, 6.07) is 1.98. The molecule has 1 aromatic heterocycles. The van der Waals surface area contributed by atoms with Crippen molar-refractivity contribution in [1.29, 1.82) is 0 Å². The number of nitrogens with one attached hydrogen (secondary N) is 1. The van der Waals surface area contributed by atoms with Crippen LogP contribution in [0.3, 0.4) is 0 Å². The van der Waals surface area contributed by atoms with Gasteiger partial charge in [-0.1, -0.05) is 0 Å². The van der Waals surface area contributed by atoms with Crippen LogP contribution in [-0.2, 0) is 0 Å². The lowest BCUT2D eigenvalue weighted by Crippen LogP contribution is -2.40. The molecule has 2 fully saturated rings. The van der Waals surface area contributed by atoms with Crippen LogP contribution in [-0.4, -0.2) is 23.9 Å². The van der Waals surface area contributed by atoms with Crippen molar-refractivity contribution >= 4 is 17.2 Å². The molecule has 2 unspecified atom stereocenters. The van der Waals surface area contributed by atoms with Gasteiger partial charge in [0.1, 0.15) is 0 Å². The van der Waals surface area contributed by atoms with E-state index in [4.69, 9.17) is 5.73 Å². The van der Waals surface area contributed by atoms with E-state index in [9.17, 15) is 13.6 Å². The zero-order valence-electron chi connectivity index (χ0n) is 11.1. The fraction of sp³-hybridized carbons (Fsp3) is 0.643. The molecule has 1 amide bonds. The summed E-state index contributed by atoms with van der Waals surface area (Å²) in [5.41, 5.74) is 6.42. The van der Waals surface area contributed by atoms with Crippen LogP contribution in [0.1, 0.15) is 53.3 Å². The highest BCUT2D eigenvalue weighted by Crippen LogP contribution is 2.42.